The molecule has 2 aromatic carbocycles. The summed E-state index contributed by atoms with van der Waals surface area (Å²) in [6.07, 6.45) is 3.31. The SMILES string of the molecule is O=C(NCc1cccnc1)Nc1ccc(S(=O)(=O)Nc2cccc(CO)c2)cc1. The van der Waals surface area contributed by atoms with Crippen molar-refractivity contribution in [2.45, 2.75) is 18.0 Å². The Kier molecular flexibility index (Phi) is 6.43. The van der Waals surface area contributed by atoms with Gasteiger partial charge < -0.3 is 15.7 Å². The topological polar surface area (TPSA) is 120 Å². The predicted octanol–water partition coefficient (Wildman–Crippen LogP) is 2.70. The lowest BCUT2D eigenvalue weighted by molar-refractivity contribution is 0.251. The standard InChI is InChI=1S/C20H20N4O4S/c25-14-15-3-1-5-18(11-15)24-29(27,28)19-8-6-17(7-9-19)23-20(26)22-13-16-4-2-10-21-12-16/h1-12,24-25H,13-14H2,(H2,22,23,26). The molecule has 150 valence electrons. The summed E-state index contributed by atoms with van der Waals surface area (Å²) in [4.78, 5) is 16.0. The molecule has 0 aliphatic rings. The lowest BCUT2D eigenvalue weighted by Gasteiger charge is -2.11. The molecule has 3 aromatic rings. The first kappa shape index (κ1) is 20.3. The maximum atomic E-state index is 12.5. The minimum absolute atomic E-state index is 0.0493. The number of sulfonamides is 1. The molecule has 0 saturated heterocycles. The van der Waals surface area contributed by atoms with Gasteiger partial charge in [-0.3, -0.25) is 9.71 Å². The van der Waals surface area contributed by atoms with E-state index in [-0.39, 0.29) is 11.5 Å². The summed E-state index contributed by atoms with van der Waals surface area (Å²) in [5.41, 5.74) is 2.27. The van der Waals surface area contributed by atoms with Gasteiger partial charge in [-0.25, -0.2) is 13.2 Å². The Balaban J connectivity index is 1.60. The molecule has 8 nitrogen and oxygen atoms in total. The monoisotopic (exact) mass is 412 g/mol. The van der Waals surface area contributed by atoms with Crippen LogP contribution < -0.4 is 15.4 Å². The van der Waals surface area contributed by atoms with E-state index in [1.165, 1.54) is 24.3 Å². The third kappa shape index (κ3) is 5.77. The van der Waals surface area contributed by atoms with Crippen molar-refractivity contribution in [1.29, 1.82) is 0 Å². The summed E-state index contributed by atoms with van der Waals surface area (Å²) in [6.45, 7) is 0.141. The van der Waals surface area contributed by atoms with Gasteiger partial charge in [0.1, 0.15) is 0 Å². The Morgan fingerprint density at radius 2 is 1.72 bits per heavy atom. The third-order valence-electron chi connectivity index (χ3n) is 3.96. The average Bonchev–Trinajstić information content (AvgIpc) is 2.73. The first-order valence-corrected chi connectivity index (χ1v) is 10.2. The number of nitrogens with zero attached hydrogens (tertiary/aromatic N) is 1. The van der Waals surface area contributed by atoms with Gasteiger partial charge in [-0.2, -0.15) is 0 Å². The van der Waals surface area contributed by atoms with Crippen LogP contribution in [0.4, 0.5) is 16.2 Å². The molecule has 2 amide bonds. The number of aliphatic hydroxyl groups is 1. The largest absolute Gasteiger partial charge is 0.392 e. The zero-order valence-electron chi connectivity index (χ0n) is 15.4. The Labute approximate surface area is 168 Å². The van der Waals surface area contributed by atoms with Crippen LogP contribution in [0, 0.1) is 0 Å². The lowest BCUT2D eigenvalue weighted by Crippen LogP contribution is -2.28. The van der Waals surface area contributed by atoms with E-state index in [1.807, 2.05) is 6.07 Å². The van der Waals surface area contributed by atoms with E-state index in [2.05, 4.69) is 20.3 Å². The van der Waals surface area contributed by atoms with Gasteiger partial charge in [-0.1, -0.05) is 18.2 Å². The van der Waals surface area contributed by atoms with Gasteiger partial charge in [0.25, 0.3) is 10.0 Å². The highest BCUT2D eigenvalue weighted by atomic mass is 32.2. The zero-order valence-corrected chi connectivity index (χ0v) is 16.2. The van der Waals surface area contributed by atoms with Gasteiger partial charge in [0.2, 0.25) is 0 Å². The van der Waals surface area contributed by atoms with E-state index in [0.29, 0.717) is 23.5 Å². The molecule has 0 spiro atoms. The molecule has 0 fully saturated rings. The molecule has 0 aliphatic heterocycles. The molecule has 1 aromatic heterocycles. The maximum absolute atomic E-state index is 12.5. The Morgan fingerprint density at radius 1 is 0.966 bits per heavy atom. The molecule has 0 radical (unpaired) electrons. The normalized spacial score (nSPS) is 10.9. The number of anilines is 2. The fraction of sp³-hybridized carbons (Fsp3) is 0.100. The van der Waals surface area contributed by atoms with E-state index in [9.17, 15) is 13.2 Å². The summed E-state index contributed by atoms with van der Waals surface area (Å²) in [6, 6.07) is 15.5. The average molecular weight is 412 g/mol. The number of nitrogens with one attached hydrogen (secondary N) is 3. The highest BCUT2D eigenvalue weighted by Gasteiger charge is 2.14. The summed E-state index contributed by atoms with van der Waals surface area (Å²) >= 11 is 0. The van der Waals surface area contributed by atoms with Gasteiger partial charge in [-0.15, -0.1) is 0 Å². The second kappa shape index (κ2) is 9.18. The third-order valence-corrected chi connectivity index (χ3v) is 5.36. The summed E-state index contributed by atoms with van der Waals surface area (Å²) in [7, 11) is -3.80. The van der Waals surface area contributed by atoms with E-state index >= 15 is 0 Å². The number of amides is 2. The Bertz CT molecular complexity index is 1070. The molecule has 0 aliphatic carbocycles. The van der Waals surface area contributed by atoms with Crippen molar-refractivity contribution in [3.05, 3.63) is 84.2 Å². The molecular formula is C20H20N4O4S. The number of aliphatic hydroxyl groups excluding tert-OH is 1. The number of rotatable bonds is 7. The van der Waals surface area contributed by atoms with Crippen molar-refractivity contribution in [3.8, 4) is 0 Å². The van der Waals surface area contributed by atoms with E-state index in [0.717, 1.165) is 5.56 Å². The number of urea groups is 1. The second-order valence-corrected chi connectivity index (χ2v) is 7.84. The zero-order chi connectivity index (χ0) is 20.7. The molecule has 0 atom stereocenters. The van der Waals surface area contributed by atoms with Crippen LogP contribution in [0.2, 0.25) is 0 Å². The van der Waals surface area contributed by atoms with Crippen LogP contribution in [-0.4, -0.2) is 24.5 Å². The van der Waals surface area contributed by atoms with Crippen LogP contribution in [0.5, 0.6) is 0 Å². The fourth-order valence-electron chi connectivity index (χ4n) is 2.52. The smallest absolute Gasteiger partial charge is 0.319 e. The number of benzene rings is 2. The molecule has 0 bridgehead atoms. The molecule has 4 N–H and O–H groups in total. The van der Waals surface area contributed by atoms with Crippen molar-refractivity contribution >= 4 is 27.4 Å². The highest BCUT2D eigenvalue weighted by molar-refractivity contribution is 7.92. The molecular weight excluding hydrogens is 392 g/mol. The minimum atomic E-state index is -3.80. The Hall–Kier alpha value is -3.43. The van der Waals surface area contributed by atoms with Gasteiger partial charge in [0.05, 0.1) is 11.5 Å². The molecule has 0 unspecified atom stereocenters. The van der Waals surface area contributed by atoms with Crippen LogP contribution in [0.15, 0.2) is 78.0 Å². The first-order valence-electron chi connectivity index (χ1n) is 8.73. The number of aromatic nitrogens is 1. The van der Waals surface area contributed by atoms with Gasteiger partial charge in [0, 0.05) is 30.3 Å². The quantitative estimate of drug-likeness (QED) is 0.476. The molecule has 1 heterocycles. The van der Waals surface area contributed by atoms with Crippen molar-refractivity contribution in [3.63, 3.8) is 0 Å². The molecule has 9 heteroatoms. The summed E-state index contributed by atoms with van der Waals surface area (Å²) in [5, 5.41) is 14.5. The van der Waals surface area contributed by atoms with E-state index in [4.69, 9.17) is 5.11 Å². The first-order chi connectivity index (χ1) is 14.0. The minimum Gasteiger partial charge on any atom is -0.392 e. The second-order valence-electron chi connectivity index (χ2n) is 6.16. The number of hydrogen-bond acceptors (Lipinski definition) is 5. The lowest BCUT2D eigenvalue weighted by atomic mass is 10.2. The van der Waals surface area contributed by atoms with Crippen molar-refractivity contribution < 1.29 is 18.3 Å². The summed E-state index contributed by atoms with van der Waals surface area (Å²) in [5.74, 6) is 0. The molecule has 0 saturated carbocycles. The summed E-state index contributed by atoms with van der Waals surface area (Å²) < 4.78 is 27.5. The van der Waals surface area contributed by atoms with Crippen LogP contribution in [0.1, 0.15) is 11.1 Å². The molecule has 3 rings (SSSR count). The highest BCUT2D eigenvalue weighted by Crippen LogP contribution is 2.19. The number of pyridine rings is 1. The van der Waals surface area contributed by atoms with Crippen LogP contribution >= 0.6 is 0 Å². The number of carbonyl (C=O) groups excluding carboxylic acids is 1. The fourth-order valence-corrected chi connectivity index (χ4v) is 3.57. The van der Waals surface area contributed by atoms with Gasteiger partial charge in [0.15, 0.2) is 0 Å². The maximum Gasteiger partial charge on any atom is 0.319 e. The van der Waals surface area contributed by atoms with E-state index in [1.54, 1.807) is 42.7 Å². The van der Waals surface area contributed by atoms with Crippen LogP contribution in [0.25, 0.3) is 0 Å². The van der Waals surface area contributed by atoms with Crippen molar-refractivity contribution in [2.75, 3.05) is 10.0 Å². The van der Waals surface area contributed by atoms with Gasteiger partial charge >= 0.3 is 6.03 Å². The van der Waals surface area contributed by atoms with Crippen LogP contribution in [0.3, 0.4) is 0 Å². The van der Waals surface area contributed by atoms with Crippen LogP contribution in [-0.2, 0) is 23.2 Å². The van der Waals surface area contributed by atoms with Crippen molar-refractivity contribution in [1.82, 2.24) is 10.3 Å². The number of hydrogen-bond donors (Lipinski definition) is 4. The van der Waals surface area contributed by atoms with E-state index < -0.39 is 16.1 Å². The number of carbonyl (C=O) groups is 1. The van der Waals surface area contributed by atoms with Crippen molar-refractivity contribution in [2.24, 2.45) is 0 Å². The molecule has 29 heavy (non-hydrogen) atoms. The Morgan fingerprint density at radius 3 is 2.41 bits per heavy atom. The predicted molar refractivity (Wildman–Crippen MR) is 110 cm³/mol. The van der Waals surface area contributed by atoms with Gasteiger partial charge in [-0.05, 0) is 53.6 Å².